The predicted molar refractivity (Wildman–Crippen MR) is 89.4 cm³/mol. The van der Waals surface area contributed by atoms with Crippen molar-refractivity contribution in [1.29, 1.82) is 0 Å². The van der Waals surface area contributed by atoms with E-state index in [1.165, 1.54) is 25.7 Å². The first-order chi connectivity index (χ1) is 10.7. The maximum atomic E-state index is 8.26. The lowest BCUT2D eigenvalue weighted by atomic mass is 10.3. The number of unbranched alkanes of at least 4 members (excludes halogenated alkanes) is 2. The molecule has 0 amide bonds. The lowest BCUT2D eigenvalue weighted by molar-refractivity contribution is 0.0222. The van der Waals surface area contributed by atoms with Gasteiger partial charge in [0.1, 0.15) is 0 Å². The second-order valence-electron chi connectivity index (χ2n) is 4.40. The van der Waals surface area contributed by atoms with Crippen LogP contribution in [0.1, 0.15) is 39.5 Å². The van der Waals surface area contributed by atoms with Crippen LogP contribution >= 0.6 is 0 Å². The average Bonchev–Trinajstić information content (AvgIpc) is 2.52. The van der Waals surface area contributed by atoms with Crippen molar-refractivity contribution in [3.63, 3.8) is 0 Å². The fraction of sp³-hybridized carbons (Fsp3) is 1.00. The molecule has 0 aromatic rings. The molecular weight excluding hydrogens is 288 g/mol. The quantitative estimate of drug-likeness (QED) is 0.503. The topological polar surface area (TPSA) is 77.4 Å². The molecule has 138 valence electrons. The summed E-state index contributed by atoms with van der Waals surface area (Å²) in [5.74, 6) is 0. The Morgan fingerprint density at radius 2 is 0.909 bits per heavy atom. The van der Waals surface area contributed by atoms with Crippen molar-refractivity contribution >= 4 is 0 Å². The molecule has 6 nitrogen and oxygen atoms in total. The summed E-state index contributed by atoms with van der Waals surface area (Å²) in [5.41, 5.74) is 0. The van der Waals surface area contributed by atoms with Crippen molar-refractivity contribution in [3.05, 3.63) is 0 Å². The van der Waals surface area contributed by atoms with Crippen LogP contribution < -0.4 is 0 Å². The van der Waals surface area contributed by atoms with Crippen molar-refractivity contribution < 1.29 is 29.2 Å². The predicted octanol–water partition coefficient (Wildman–Crippen LogP) is 1.87. The standard InChI is InChI=1S/C8H18O.C6H14O4.C2H6O/c1-3-5-7-9-8-6-4-2;7-1-3-9-5-6-10-4-2-8;1-3-2/h3-8H2,1-2H3;7-8H,1-6H2;1-2H3. The maximum Gasteiger partial charge on any atom is 0.0701 e. The van der Waals surface area contributed by atoms with Crippen molar-refractivity contribution in [2.75, 3.05) is 67.1 Å². The SMILES string of the molecule is CCCCOCCCC.COC.OCCOCCOCCO. The summed E-state index contributed by atoms with van der Waals surface area (Å²) in [5, 5.41) is 16.5. The Kier molecular flexibility index (Phi) is 39.5. The number of hydrogen-bond acceptors (Lipinski definition) is 6. The second-order valence-corrected chi connectivity index (χ2v) is 4.40. The zero-order chi connectivity index (χ0) is 17.3. The second kappa shape index (κ2) is 32.6. The van der Waals surface area contributed by atoms with Crippen LogP contribution in [0.2, 0.25) is 0 Å². The molecule has 0 aromatic heterocycles. The van der Waals surface area contributed by atoms with Crippen molar-refractivity contribution in [3.8, 4) is 0 Å². The lowest BCUT2D eigenvalue weighted by Crippen LogP contribution is -2.09. The summed E-state index contributed by atoms with van der Waals surface area (Å²) < 4.78 is 19.3. The highest BCUT2D eigenvalue weighted by atomic mass is 16.5. The van der Waals surface area contributed by atoms with Gasteiger partial charge in [-0.05, 0) is 12.8 Å². The smallest absolute Gasteiger partial charge is 0.0701 e. The molecule has 0 aliphatic rings. The van der Waals surface area contributed by atoms with E-state index in [0.29, 0.717) is 26.4 Å². The van der Waals surface area contributed by atoms with Gasteiger partial charge in [0.25, 0.3) is 0 Å². The number of rotatable bonds is 13. The van der Waals surface area contributed by atoms with Gasteiger partial charge in [-0.3, -0.25) is 0 Å². The monoisotopic (exact) mass is 326 g/mol. The molecule has 0 radical (unpaired) electrons. The van der Waals surface area contributed by atoms with Gasteiger partial charge >= 0.3 is 0 Å². The first-order valence-electron chi connectivity index (χ1n) is 8.10. The van der Waals surface area contributed by atoms with Gasteiger partial charge < -0.3 is 29.2 Å². The Hall–Kier alpha value is -0.240. The summed E-state index contributed by atoms with van der Waals surface area (Å²) in [6.45, 7) is 8.01. The number of aliphatic hydroxyl groups is 2. The number of methoxy groups -OCH3 is 1. The van der Waals surface area contributed by atoms with E-state index in [0.717, 1.165) is 13.2 Å². The van der Waals surface area contributed by atoms with E-state index in [9.17, 15) is 0 Å². The fourth-order valence-corrected chi connectivity index (χ4v) is 1.05. The Bertz CT molecular complexity index is 133. The van der Waals surface area contributed by atoms with Gasteiger partial charge in [-0.1, -0.05) is 26.7 Å². The summed E-state index contributed by atoms with van der Waals surface area (Å²) in [6, 6.07) is 0. The molecule has 0 aromatic carbocycles. The molecular formula is C16H38O6. The highest BCUT2D eigenvalue weighted by molar-refractivity contribution is 4.34. The normalized spacial score (nSPS) is 9.55. The third-order valence-electron chi connectivity index (χ3n) is 2.13. The molecule has 0 saturated carbocycles. The molecule has 0 aliphatic carbocycles. The molecule has 0 aliphatic heterocycles. The molecule has 0 atom stereocenters. The summed E-state index contributed by atoms with van der Waals surface area (Å²) in [4.78, 5) is 0. The molecule has 2 N–H and O–H groups in total. The highest BCUT2D eigenvalue weighted by Crippen LogP contribution is 1.91. The fourth-order valence-electron chi connectivity index (χ4n) is 1.05. The molecule has 0 spiro atoms. The van der Waals surface area contributed by atoms with E-state index in [1.807, 2.05) is 0 Å². The number of hydrogen-bond donors (Lipinski definition) is 2. The Labute approximate surface area is 136 Å². The van der Waals surface area contributed by atoms with E-state index in [4.69, 9.17) is 24.4 Å². The first kappa shape index (κ1) is 26.6. The van der Waals surface area contributed by atoms with E-state index < -0.39 is 0 Å². The van der Waals surface area contributed by atoms with Gasteiger partial charge in [0, 0.05) is 27.4 Å². The summed E-state index contributed by atoms with van der Waals surface area (Å²) >= 11 is 0. The Morgan fingerprint density at radius 3 is 1.18 bits per heavy atom. The van der Waals surface area contributed by atoms with Gasteiger partial charge in [0.05, 0.1) is 39.6 Å². The van der Waals surface area contributed by atoms with Crippen LogP contribution in [0.3, 0.4) is 0 Å². The van der Waals surface area contributed by atoms with E-state index in [1.54, 1.807) is 14.2 Å². The van der Waals surface area contributed by atoms with Crippen LogP contribution in [-0.2, 0) is 18.9 Å². The minimum absolute atomic E-state index is 0.0417. The number of aliphatic hydroxyl groups excluding tert-OH is 2. The molecule has 0 unspecified atom stereocenters. The third-order valence-corrected chi connectivity index (χ3v) is 2.13. The minimum atomic E-state index is 0.0417. The largest absolute Gasteiger partial charge is 0.394 e. The van der Waals surface area contributed by atoms with Gasteiger partial charge in [-0.25, -0.2) is 0 Å². The molecule has 22 heavy (non-hydrogen) atoms. The van der Waals surface area contributed by atoms with Crippen LogP contribution in [-0.4, -0.2) is 77.3 Å². The summed E-state index contributed by atoms with van der Waals surface area (Å²) in [6.07, 6.45) is 4.91. The molecule has 0 bridgehead atoms. The third kappa shape index (κ3) is 42.7. The van der Waals surface area contributed by atoms with E-state index >= 15 is 0 Å². The van der Waals surface area contributed by atoms with Crippen molar-refractivity contribution in [2.45, 2.75) is 39.5 Å². The van der Waals surface area contributed by atoms with Gasteiger partial charge in [0.15, 0.2) is 0 Å². The maximum absolute atomic E-state index is 8.26. The molecule has 0 saturated heterocycles. The zero-order valence-corrected chi connectivity index (χ0v) is 15.0. The van der Waals surface area contributed by atoms with Crippen LogP contribution in [0, 0.1) is 0 Å². The molecule has 0 heterocycles. The van der Waals surface area contributed by atoms with Crippen LogP contribution in [0.15, 0.2) is 0 Å². The van der Waals surface area contributed by atoms with Gasteiger partial charge in [-0.15, -0.1) is 0 Å². The van der Waals surface area contributed by atoms with Crippen LogP contribution in [0.5, 0.6) is 0 Å². The average molecular weight is 326 g/mol. The molecule has 0 rings (SSSR count). The van der Waals surface area contributed by atoms with Crippen molar-refractivity contribution in [1.82, 2.24) is 0 Å². The number of ether oxygens (including phenoxy) is 4. The Balaban J connectivity index is -0.000000279. The van der Waals surface area contributed by atoms with Crippen LogP contribution in [0.25, 0.3) is 0 Å². The van der Waals surface area contributed by atoms with E-state index in [-0.39, 0.29) is 13.2 Å². The van der Waals surface area contributed by atoms with E-state index in [2.05, 4.69) is 18.6 Å². The van der Waals surface area contributed by atoms with Crippen LogP contribution in [0.4, 0.5) is 0 Å². The minimum Gasteiger partial charge on any atom is -0.394 e. The lowest BCUT2D eigenvalue weighted by Gasteiger charge is -2.01. The van der Waals surface area contributed by atoms with Crippen molar-refractivity contribution in [2.24, 2.45) is 0 Å². The first-order valence-corrected chi connectivity index (χ1v) is 8.10. The molecule has 0 fully saturated rings. The zero-order valence-electron chi connectivity index (χ0n) is 15.0. The van der Waals surface area contributed by atoms with Gasteiger partial charge in [0.2, 0.25) is 0 Å². The Morgan fingerprint density at radius 1 is 0.591 bits per heavy atom. The molecule has 6 heteroatoms. The van der Waals surface area contributed by atoms with Gasteiger partial charge in [-0.2, -0.15) is 0 Å². The highest BCUT2D eigenvalue weighted by Gasteiger charge is 1.86. The summed E-state index contributed by atoms with van der Waals surface area (Å²) in [7, 11) is 3.25.